The molecule has 0 N–H and O–H groups in total. The van der Waals surface area contributed by atoms with E-state index in [1.54, 1.807) is 17.3 Å². The Morgan fingerprint density at radius 1 is 1.03 bits per heavy atom. The zero-order valence-electron chi connectivity index (χ0n) is 20.4. The topological polar surface area (TPSA) is 68.7 Å². The number of carbonyl (C=O) groups is 2. The molecule has 0 spiro atoms. The minimum absolute atomic E-state index is 0.0368. The van der Waals surface area contributed by atoms with Crippen LogP contribution in [0.1, 0.15) is 36.9 Å². The van der Waals surface area contributed by atoms with Crippen molar-refractivity contribution in [1.82, 2.24) is 9.88 Å². The van der Waals surface area contributed by atoms with Gasteiger partial charge < -0.3 is 14.4 Å². The average Bonchev–Trinajstić information content (AvgIpc) is 3.18. The summed E-state index contributed by atoms with van der Waals surface area (Å²) < 4.78 is 12.4. The van der Waals surface area contributed by atoms with E-state index in [-0.39, 0.29) is 40.8 Å². The summed E-state index contributed by atoms with van der Waals surface area (Å²) in [5.74, 6) is 1.06. The number of alkyl halides is 1. The fourth-order valence-corrected chi connectivity index (χ4v) is 5.93. The second-order valence-corrected chi connectivity index (χ2v) is 10.6. The lowest BCUT2D eigenvalue weighted by atomic mass is 9.74. The van der Waals surface area contributed by atoms with Gasteiger partial charge in [-0.3, -0.25) is 14.6 Å². The van der Waals surface area contributed by atoms with Crippen LogP contribution in [0.4, 0.5) is 0 Å². The standard InChI is InChI=1S/C30H27ClN2O4/c1-18-13-25-23(15-24(18)31)28(34)26-27(20-8-5-11-22(14-20)36-21-9-3-2-4-10-21)33(30(35)29(26)37-25)17-19-7-6-12-32-16-19/h2-12,14,16,18,23-25,27H,13,15,17H2,1H3. The Labute approximate surface area is 220 Å². The summed E-state index contributed by atoms with van der Waals surface area (Å²) in [5.41, 5.74) is 2.08. The van der Waals surface area contributed by atoms with Crippen molar-refractivity contribution in [3.05, 3.63) is 102 Å². The first-order valence-electron chi connectivity index (χ1n) is 12.6. The molecule has 1 aliphatic carbocycles. The third-order valence-corrected chi connectivity index (χ3v) is 8.14. The molecule has 1 aromatic heterocycles. The molecule has 188 valence electrons. The van der Waals surface area contributed by atoms with Crippen molar-refractivity contribution >= 4 is 23.3 Å². The summed E-state index contributed by atoms with van der Waals surface area (Å²) in [6.07, 6.45) is 4.30. The van der Waals surface area contributed by atoms with Gasteiger partial charge in [0.2, 0.25) is 0 Å². The molecule has 3 heterocycles. The first-order valence-corrected chi connectivity index (χ1v) is 13.0. The van der Waals surface area contributed by atoms with Gasteiger partial charge in [0.15, 0.2) is 11.5 Å². The third-order valence-electron chi connectivity index (χ3n) is 7.53. The van der Waals surface area contributed by atoms with Crippen molar-refractivity contribution < 1.29 is 19.1 Å². The number of para-hydroxylation sites is 1. The normalized spacial score (nSPS) is 27.0. The van der Waals surface area contributed by atoms with Crippen molar-refractivity contribution in [1.29, 1.82) is 0 Å². The first-order chi connectivity index (χ1) is 18.0. The number of aromatic nitrogens is 1. The molecule has 5 atom stereocenters. The van der Waals surface area contributed by atoms with Gasteiger partial charge in [-0.05, 0) is 60.2 Å². The molecule has 37 heavy (non-hydrogen) atoms. The predicted octanol–water partition coefficient (Wildman–Crippen LogP) is 5.83. The maximum absolute atomic E-state index is 14.0. The van der Waals surface area contributed by atoms with Crippen LogP contribution in [0.2, 0.25) is 0 Å². The Kier molecular flexibility index (Phi) is 6.21. The minimum atomic E-state index is -0.594. The predicted molar refractivity (Wildman–Crippen MR) is 139 cm³/mol. The maximum atomic E-state index is 14.0. The van der Waals surface area contributed by atoms with Gasteiger partial charge in [0.25, 0.3) is 5.91 Å². The van der Waals surface area contributed by atoms with Crippen LogP contribution >= 0.6 is 11.6 Å². The summed E-state index contributed by atoms with van der Waals surface area (Å²) in [7, 11) is 0. The van der Waals surface area contributed by atoms with Gasteiger partial charge in [0.1, 0.15) is 17.6 Å². The summed E-state index contributed by atoms with van der Waals surface area (Å²) in [5, 5.41) is -0.0967. The van der Waals surface area contributed by atoms with Crippen LogP contribution in [0.5, 0.6) is 11.5 Å². The second-order valence-electron chi connectivity index (χ2n) is 10.0. The number of fused-ring (bicyclic) bond motifs is 1. The van der Waals surface area contributed by atoms with Crippen molar-refractivity contribution in [3.63, 3.8) is 0 Å². The van der Waals surface area contributed by atoms with Crippen LogP contribution in [-0.2, 0) is 20.9 Å². The molecule has 5 unspecified atom stereocenters. The number of ketones is 1. The summed E-state index contributed by atoms with van der Waals surface area (Å²) in [4.78, 5) is 33.7. The van der Waals surface area contributed by atoms with E-state index in [1.165, 1.54) is 0 Å². The number of pyridine rings is 1. The highest BCUT2D eigenvalue weighted by atomic mass is 35.5. The monoisotopic (exact) mass is 514 g/mol. The summed E-state index contributed by atoms with van der Waals surface area (Å²) in [6.45, 7) is 2.37. The van der Waals surface area contributed by atoms with Crippen LogP contribution in [0.3, 0.4) is 0 Å². The quantitative estimate of drug-likeness (QED) is 0.400. The van der Waals surface area contributed by atoms with Crippen molar-refractivity contribution in [2.24, 2.45) is 11.8 Å². The van der Waals surface area contributed by atoms with E-state index in [1.807, 2.05) is 66.7 Å². The number of Topliss-reactive ketones (excluding diaryl/α,β-unsaturated/α-hetero) is 1. The molecule has 1 fully saturated rings. The second kappa shape index (κ2) is 9.67. The molecule has 2 aromatic carbocycles. The molecular weight excluding hydrogens is 488 g/mol. The van der Waals surface area contributed by atoms with Gasteiger partial charge in [-0.1, -0.05) is 43.3 Å². The molecule has 6 nitrogen and oxygen atoms in total. The number of amides is 1. The van der Waals surface area contributed by atoms with Gasteiger partial charge in [-0.2, -0.15) is 0 Å². The Bertz CT molecular complexity index is 1360. The van der Waals surface area contributed by atoms with Gasteiger partial charge in [-0.15, -0.1) is 11.6 Å². The number of halogens is 1. The van der Waals surface area contributed by atoms with Crippen molar-refractivity contribution in [2.45, 2.75) is 43.8 Å². The highest BCUT2D eigenvalue weighted by molar-refractivity contribution is 6.21. The molecule has 2 aliphatic heterocycles. The van der Waals surface area contributed by atoms with E-state index < -0.39 is 6.04 Å². The summed E-state index contributed by atoms with van der Waals surface area (Å²) in [6, 6.07) is 20.2. The highest BCUT2D eigenvalue weighted by Crippen LogP contribution is 2.49. The fraction of sp³-hybridized carbons (Fsp3) is 0.300. The molecule has 1 amide bonds. The Hall–Kier alpha value is -3.64. The number of benzene rings is 2. The SMILES string of the molecule is CC1CC2OC3=C(C(=O)C2CC1Cl)C(c1cccc(Oc2ccccc2)c1)N(Cc1cccnc1)C3=O. The van der Waals surface area contributed by atoms with Crippen LogP contribution in [0.25, 0.3) is 0 Å². The van der Waals surface area contributed by atoms with Crippen LogP contribution in [0.15, 0.2) is 90.5 Å². The number of ether oxygens (including phenoxy) is 2. The number of nitrogens with zero attached hydrogens (tertiary/aromatic N) is 2. The van der Waals surface area contributed by atoms with E-state index in [0.717, 1.165) is 11.1 Å². The molecule has 1 saturated carbocycles. The molecule has 6 rings (SSSR count). The van der Waals surface area contributed by atoms with Crippen LogP contribution in [0, 0.1) is 11.8 Å². The largest absolute Gasteiger partial charge is 0.483 e. The molecular formula is C30H27ClN2O4. The molecule has 0 bridgehead atoms. The van der Waals surface area contributed by atoms with Gasteiger partial charge >= 0.3 is 0 Å². The Morgan fingerprint density at radius 2 is 1.84 bits per heavy atom. The minimum Gasteiger partial charge on any atom is -0.483 e. The smallest absolute Gasteiger partial charge is 0.290 e. The number of hydrogen-bond acceptors (Lipinski definition) is 5. The van der Waals surface area contributed by atoms with E-state index in [4.69, 9.17) is 21.1 Å². The first kappa shape index (κ1) is 23.7. The maximum Gasteiger partial charge on any atom is 0.290 e. The zero-order valence-corrected chi connectivity index (χ0v) is 21.2. The van der Waals surface area contributed by atoms with Gasteiger partial charge in [0, 0.05) is 24.3 Å². The van der Waals surface area contributed by atoms with Crippen LogP contribution < -0.4 is 4.74 Å². The highest BCUT2D eigenvalue weighted by Gasteiger charge is 2.53. The van der Waals surface area contributed by atoms with Crippen molar-refractivity contribution in [3.8, 4) is 11.5 Å². The van der Waals surface area contributed by atoms with Crippen molar-refractivity contribution in [2.75, 3.05) is 0 Å². The average molecular weight is 515 g/mol. The lowest BCUT2D eigenvalue weighted by molar-refractivity contribution is -0.136. The number of hydrogen-bond donors (Lipinski definition) is 0. The fourth-order valence-electron chi connectivity index (χ4n) is 5.64. The number of rotatable bonds is 5. The molecule has 7 heteroatoms. The third kappa shape index (κ3) is 4.40. The molecule has 3 aliphatic rings. The number of carbonyl (C=O) groups excluding carboxylic acids is 2. The molecule has 3 aromatic rings. The van der Waals surface area contributed by atoms with Gasteiger partial charge in [-0.25, -0.2) is 0 Å². The zero-order chi connectivity index (χ0) is 25.5. The molecule has 0 saturated heterocycles. The Balaban J connectivity index is 1.40. The molecule has 0 radical (unpaired) electrons. The lowest BCUT2D eigenvalue weighted by Crippen LogP contribution is -2.44. The Morgan fingerprint density at radius 3 is 2.62 bits per heavy atom. The van der Waals surface area contributed by atoms with E-state index >= 15 is 0 Å². The van der Waals surface area contributed by atoms with E-state index in [0.29, 0.717) is 36.5 Å². The van der Waals surface area contributed by atoms with Crippen LogP contribution in [-0.4, -0.2) is 33.1 Å². The van der Waals surface area contributed by atoms with E-state index in [9.17, 15) is 9.59 Å². The van der Waals surface area contributed by atoms with Gasteiger partial charge in [0.05, 0.1) is 17.5 Å². The summed E-state index contributed by atoms with van der Waals surface area (Å²) >= 11 is 6.59. The lowest BCUT2D eigenvalue weighted by Gasteiger charge is -2.40. The van der Waals surface area contributed by atoms with E-state index in [2.05, 4.69) is 11.9 Å².